The smallest absolute Gasteiger partial charge is 0.253 e. The molecule has 134 valence electrons. The zero-order valence-corrected chi connectivity index (χ0v) is 15.8. The third kappa shape index (κ3) is 4.90. The molecule has 0 spiro atoms. The van der Waals surface area contributed by atoms with E-state index < -0.39 is 10.0 Å². The molecule has 0 saturated heterocycles. The molecule has 0 fully saturated rings. The van der Waals surface area contributed by atoms with Gasteiger partial charge in [0.1, 0.15) is 0 Å². The summed E-state index contributed by atoms with van der Waals surface area (Å²) in [6.45, 7) is 6.03. The monoisotopic (exact) mass is 360 g/mol. The molecule has 1 N–H and O–H groups in total. The lowest BCUT2D eigenvalue weighted by Gasteiger charge is -2.19. The van der Waals surface area contributed by atoms with Gasteiger partial charge in [-0.2, -0.15) is 0 Å². The van der Waals surface area contributed by atoms with Crippen molar-refractivity contribution in [2.75, 3.05) is 7.05 Å². The highest BCUT2D eigenvalue weighted by atomic mass is 32.2. The minimum atomic E-state index is -3.55. The minimum Gasteiger partial charge on any atom is -0.337 e. The molecule has 2 aromatic rings. The Kier molecular flexibility index (Phi) is 5.98. The zero-order valence-electron chi connectivity index (χ0n) is 15.0. The van der Waals surface area contributed by atoms with E-state index in [-0.39, 0.29) is 16.8 Å². The van der Waals surface area contributed by atoms with Gasteiger partial charge in [0.2, 0.25) is 10.0 Å². The van der Waals surface area contributed by atoms with Crippen molar-refractivity contribution in [3.05, 3.63) is 65.2 Å². The molecule has 0 aliphatic rings. The van der Waals surface area contributed by atoms with E-state index in [0.717, 1.165) is 11.1 Å². The first-order valence-electron chi connectivity index (χ1n) is 8.13. The predicted molar refractivity (Wildman–Crippen MR) is 98.9 cm³/mol. The lowest BCUT2D eigenvalue weighted by atomic mass is 10.1. The van der Waals surface area contributed by atoms with Gasteiger partial charge in [-0.05, 0) is 56.2 Å². The van der Waals surface area contributed by atoms with E-state index in [4.69, 9.17) is 0 Å². The fourth-order valence-electron chi connectivity index (χ4n) is 2.49. The van der Waals surface area contributed by atoms with Crippen LogP contribution in [-0.2, 0) is 16.6 Å². The second-order valence-corrected chi connectivity index (χ2v) is 8.10. The summed E-state index contributed by atoms with van der Waals surface area (Å²) < 4.78 is 26.8. The highest BCUT2D eigenvalue weighted by Gasteiger charge is 2.17. The number of hydrogen-bond acceptors (Lipinski definition) is 3. The van der Waals surface area contributed by atoms with Crippen LogP contribution >= 0.6 is 0 Å². The fourth-order valence-corrected chi connectivity index (χ4v) is 3.74. The fraction of sp³-hybridized carbons (Fsp3) is 0.316. The van der Waals surface area contributed by atoms with Crippen molar-refractivity contribution >= 4 is 15.9 Å². The van der Waals surface area contributed by atoms with Gasteiger partial charge in [-0.15, -0.1) is 0 Å². The maximum Gasteiger partial charge on any atom is 0.253 e. The average molecular weight is 360 g/mol. The molecule has 0 heterocycles. The van der Waals surface area contributed by atoms with Crippen LogP contribution in [-0.4, -0.2) is 32.3 Å². The lowest BCUT2D eigenvalue weighted by molar-refractivity contribution is 0.0785. The van der Waals surface area contributed by atoms with Crippen LogP contribution < -0.4 is 4.72 Å². The number of amides is 1. The number of carbonyl (C=O) groups excluding carboxylic acids is 1. The summed E-state index contributed by atoms with van der Waals surface area (Å²) in [5.74, 6) is -0.149. The second kappa shape index (κ2) is 7.80. The molecule has 0 bridgehead atoms. The standard InChI is InChI=1S/C19H24N2O3S/c1-14(2)20-25(23,24)18-11-9-16(10-12-18)19(22)21(4)13-17-8-6-5-7-15(17)3/h5-12,14,20H,13H2,1-4H3. The van der Waals surface area contributed by atoms with Crippen LogP contribution in [0.25, 0.3) is 0 Å². The molecule has 0 aromatic heterocycles. The Balaban J connectivity index is 2.13. The average Bonchev–Trinajstić information content (AvgIpc) is 2.55. The first-order chi connectivity index (χ1) is 11.7. The van der Waals surface area contributed by atoms with E-state index in [1.807, 2.05) is 31.2 Å². The molecule has 0 unspecified atom stereocenters. The van der Waals surface area contributed by atoms with E-state index in [1.165, 1.54) is 12.1 Å². The van der Waals surface area contributed by atoms with Gasteiger partial charge in [-0.1, -0.05) is 24.3 Å². The molecule has 0 aliphatic carbocycles. The van der Waals surface area contributed by atoms with Gasteiger partial charge in [-0.25, -0.2) is 13.1 Å². The maximum absolute atomic E-state index is 12.6. The Morgan fingerprint density at radius 3 is 2.24 bits per heavy atom. The Hall–Kier alpha value is -2.18. The molecular weight excluding hydrogens is 336 g/mol. The van der Waals surface area contributed by atoms with E-state index in [0.29, 0.717) is 12.1 Å². The predicted octanol–water partition coefficient (Wildman–Crippen LogP) is 2.95. The van der Waals surface area contributed by atoms with Crippen molar-refractivity contribution in [3.8, 4) is 0 Å². The first kappa shape index (κ1) is 19.1. The molecule has 0 saturated carbocycles. The van der Waals surface area contributed by atoms with Crippen LogP contribution in [0.1, 0.15) is 35.3 Å². The van der Waals surface area contributed by atoms with Gasteiger partial charge in [0, 0.05) is 25.2 Å². The summed E-state index contributed by atoms with van der Waals surface area (Å²) >= 11 is 0. The van der Waals surface area contributed by atoms with Gasteiger partial charge in [0.15, 0.2) is 0 Å². The van der Waals surface area contributed by atoms with Crippen molar-refractivity contribution in [2.45, 2.75) is 38.3 Å². The SMILES string of the molecule is Cc1ccccc1CN(C)C(=O)c1ccc(S(=O)(=O)NC(C)C)cc1. The largest absolute Gasteiger partial charge is 0.337 e. The molecular formula is C19H24N2O3S. The normalized spacial score (nSPS) is 11.6. The van der Waals surface area contributed by atoms with Crippen LogP contribution in [0.3, 0.4) is 0 Å². The van der Waals surface area contributed by atoms with Crippen molar-refractivity contribution in [3.63, 3.8) is 0 Å². The number of nitrogens with zero attached hydrogens (tertiary/aromatic N) is 1. The zero-order chi connectivity index (χ0) is 18.6. The van der Waals surface area contributed by atoms with Crippen molar-refractivity contribution in [1.82, 2.24) is 9.62 Å². The molecule has 0 aliphatic heterocycles. The summed E-state index contributed by atoms with van der Waals surface area (Å²) in [5.41, 5.74) is 2.67. The Bertz CT molecular complexity index is 843. The summed E-state index contributed by atoms with van der Waals surface area (Å²) in [6.07, 6.45) is 0. The molecule has 6 heteroatoms. The van der Waals surface area contributed by atoms with Gasteiger partial charge >= 0.3 is 0 Å². The van der Waals surface area contributed by atoms with Crippen LogP contribution in [0.2, 0.25) is 0 Å². The van der Waals surface area contributed by atoms with Gasteiger partial charge in [0.05, 0.1) is 4.90 Å². The third-order valence-electron chi connectivity index (χ3n) is 3.82. The highest BCUT2D eigenvalue weighted by Crippen LogP contribution is 2.15. The molecule has 0 radical (unpaired) electrons. The number of aryl methyl sites for hydroxylation is 1. The van der Waals surface area contributed by atoms with Crippen LogP contribution in [0.5, 0.6) is 0 Å². The number of nitrogens with one attached hydrogen (secondary N) is 1. The molecule has 25 heavy (non-hydrogen) atoms. The van der Waals surface area contributed by atoms with Crippen LogP contribution in [0, 0.1) is 6.92 Å². The molecule has 2 rings (SSSR count). The Morgan fingerprint density at radius 2 is 1.68 bits per heavy atom. The number of sulfonamides is 1. The maximum atomic E-state index is 12.6. The van der Waals surface area contributed by atoms with E-state index in [9.17, 15) is 13.2 Å². The second-order valence-electron chi connectivity index (χ2n) is 6.39. The van der Waals surface area contributed by atoms with Crippen LogP contribution in [0.4, 0.5) is 0 Å². The number of benzene rings is 2. The molecule has 5 nitrogen and oxygen atoms in total. The van der Waals surface area contributed by atoms with Gasteiger partial charge < -0.3 is 4.90 Å². The van der Waals surface area contributed by atoms with E-state index >= 15 is 0 Å². The minimum absolute atomic E-state index is 0.149. The van der Waals surface area contributed by atoms with Gasteiger partial charge in [0.25, 0.3) is 5.91 Å². The highest BCUT2D eigenvalue weighted by molar-refractivity contribution is 7.89. The summed E-state index contributed by atoms with van der Waals surface area (Å²) in [5, 5.41) is 0. The number of hydrogen-bond donors (Lipinski definition) is 1. The summed E-state index contributed by atoms with van der Waals surface area (Å²) in [4.78, 5) is 14.3. The van der Waals surface area contributed by atoms with Crippen molar-refractivity contribution < 1.29 is 13.2 Å². The van der Waals surface area contributed by atoms with E-state index in [1.54, 1.807) is 37.9 Å². The Morgan fingerprint density at radius 1 is 1.08 bits per heavy atom. The molecule has 1 amide bonds. The van der Waals surface area contributed by atoms with Crippen LogP contribution in [0.15, 0.2) is 53.4 Å². The topological polar surface area (TPSA) is 66.5 Å². The first-order valence-corrected chi connectivity index (χ1v) is 9.61. The van der Waals surface area contributed by atoms with E-state index in [2.05, 4.69) is 4.72 Å². The number of carbonyl (C=O) groups is 1. The number of rotatable bonds is 6. The van der Waals surface area contributed by atoms with Crippen molar-refractivity contribution in [1.29, 1.82) is 0 Å². The quantitative estimate of drug-likeness (QED) is 0.861. The lowest BCUT2D eigenvalue weighted by Crippen LogP contribution is -2.30. The van der Waals surface area contributed by atoms with Crippen molar-refractivity contribution in [2.24, 2.45) is 0 Å². The Labute approximate surface area is 149 Å². The molecule has 2 aromatic carbocycles. The summed E-state index contributed by atoms with van der Waals surface area (Å²) in [6, 6.07) is 13.7. The summed E-state index contributed by atoms with van der Waals surface area (Å²) in [7, 11) is -1.82. The molecule has 0 atom stereocenters. The third-order valence-corrected chi connectivity index (χ3v) is 5.49. The van der Waals surface area contributed by atoms with Gasteiger partial charge in [-0.3, -0.25) is 4.79 Å².